The minimum absolute atomic E-state index is 0.124. The first-order chi connectivity index (χ1) is 8.22. The summed E-state index contributed by atoms with van der Waals surface area (Å²) in [6.45, 7) is 2.10. The van der Waals surface area contributed by atoms with Crippen molar-refractivity contribution in [1.29, 1.82) is 0 Å². The van der Waals surface area contributed by atoms with Crippen molar-refractivity contribution in [3.05, 3.63) is 29.8 Å². The van der Waals surface area contributed by atoms with E-state index in [0.29, 0.717) is 5.46 Å². The standard InChI is InChI=1S/C12H16BNO3/c1-2-5-9-8-12(14-17-9)10-6-3-4-7-11(10)13(15)16/h3-4,6-7,9,15-16H,2,5,8H2,1H3. The van der Waals surface area contributed by atoms with Gasteiger partial charge in [-0.2, -0.15) is 0 Å². The highest BCUT2D eigenvalue weighted by molar-refractivity contribution is 6.60. The van der Waals surface area contributed by atoms with E-state index in [2.05, 4.69) is 12.1 Å². The Balaban J connectivity index is 2.19. The second kappa shape index (κ2) is 5.34. The van der Waals surface area contributed by atoms with Crippen LogP contribution in [0.15, 0.2) is 29.4 Å². The van der Waals surface area contributed by atoms with Crippen molar-refractivity contribution in [2.45, 2.75) is 32.3 Å². The molecule has 0 aromatic heterocycles. The van der Waals surface area contributed by atoms with E-state index in [9.17, 15) is 10.0 Å². The van der Waals surface area contributed by atoms with Gasteiger partial charge in [-0.05, 0) is 17.4 Å². The van der Waals surface area contributed by atoms with Gasteiger partial charge in [-0.25, -0.2) is 0 Å². The molecule has 0 saturated heterocycles. The molecule has 1 aromatic carbocycles. The summed E-state index contributed by atoms with van der Waals surface area (Å²) < 4.78 is 0. The van der Waals surface area contributed by atoms with Gasteiger partial charge >= 0.3 is 7.12 Å². The van der Waals surface area contributed by atoms with Crippen molar-refractivity contribution in [1.82, 2.24) is 0 Å². The van der Waals surface area contributed by atoms with Gasteiger partial charge in [0.2, 0.25) is 0 Å². The SMILES string of the molecule is CCCC1CC(c2ccccc2B(O)O)=NO1. The number of rotatable bonds is 4. The third-order valence-electron chi connectivity index (χ3n) is 2.89. The van der Waals surface area contributed by atoms with Gasteiger partial charge in [-0.1, -0.05) is 42.8 Å². The fourth-order valence-corrected chi connectivity index (χ4v) is 2.05. The molecule has 5 heteroatoms. The maximum Gasteiger partial charge on any atom is 0.489 e. The van der Waals surface area contributed by atoms with Crippen LogP contribution >= 0.6 is 0 Å². The van der Waals surface area contributed by atoms with Crippen molar-refractivity contribution >= 4 is 18.3 Å². The van der Waals surface area contributed by atoms with Gasteiger partial charge in [-0.3, -0.25) is 0 Å². The Bertz CT molecular complexity index is 420. The summed E-state index contributed by atoms with van der Waals surface area (Å²) in [6, 6.07) is 7.16. The lowest BCUT2D eigenvalue weighted by Gasteiger charge is -2.08. The highest BCUT2D eigenvalue weighted by Crippen LogP contribution is 2.19. The molecule has 0 radical (unpaired) electrons. The zero-order valence-corrected chi connectivity index (χ0v) is 9.84. The number of benzene rings is 1. The van der Waals surface area contributed by atoms with Crippen LogP contribution in [0.3, 0.4) is 0 Å². The molecule has 2 N–H and O–H groups in total. The molecule has 1 heterocycles. The molecule has 0 bridgehead atoms. The Hall–Kier alpha value is -1.33. The minimum atomic E-state index is -1.47. The Labute approximate surface area is 101 Å². The van der Waals surface area contributed by atoms with Gasteiger partial charge in [0.15, 0.2) is 0 Å². The van der Waals surface area contributed by atoms with Gasteiger partial charge in [0.25, 0.3) is 0 Å². The second-order valence-corrected chi connectivity index (χ2v) is 4.22. The lowest BCUT2D eigenvalue weighted by molar-refractivity contribution is 0.0786. The van der Waals surface area contributed by atoms with Crippen molar-refractivity contribution in [2.24, 2.45) is 5.16 Å². The highest BCUT2D eigenvalue weighted by atomic mass is 16.6. The Morgan fingerprint density at radius 3 is 2.88 bits per heavy atom. The van der Waals surface area contributed by atoms with Crippen LogP contribution in [0.4, 0.5) is 0 Å². The maximum atomic E-state index is 9.29. The maximum absolute atomic E-state index is 9.29. The predicted octanol–water partition coefficient (Wildman–Crippen LogP) is 0.659. The van der Waals surface area contributed by atoms with Gasteiger partial charge < -0.3 is 14.9 Å². The number of nitrogens with zero attached hydrogens (tertiary/aromatic N) is 1. The number of hydrogen-bond donors (Lipinski definition) is 2. The largest absolute Gasteiger partial charge is 0.489 e. The smallest absolute Gasteiger partial charge is 0.423 e. The van der Waals surface area contributed by atoms with Crippen molar-refractivity contribution in [2.75, 3.05) is 0 Å². The second-order valence-electron chi connectivity index (χ2n) is 4.22. The van der Waals surface area contributed by atoms with E-state index in [1.54, 1.807) is 12.1 Å². The van der Waals surface area contributed by atoms with Crippen LogP contribution in [0, 0.1) is 0 Å². The van der Waals surface area contributed by atoms with E-state index in [0.717, 1.165) is 30.5 Å². The van der Waals surface area contributed by atoms with Crippen molar-refractivity contribution in [3.63, 3.8) is 0 Å². The molecule has 0 saturated carbocycles. The van der Waals surface area contributed by atoms with Crippen LogP contribution in [-0.2, 0) is 4.84 Å². The zero-order valence-electron chi connectivity index (χ0n) is 9.84. The molecular formula is C12H16BNO3. The molecule has 0 aliphatic carbocycles. The van der Waals surface area contributed by atoms with Crippen LogP contribution < -0.4 is 5.46 Å². The molecule has 90 valence electrons. The monoisotopic (exact) mass is 233 g/mol. The van der Waals surface area contributed by atoms with E-state index in [-0.39, 0.29) is 6.10 Å². The first-order valence-corrected chi connectivity index (χ1v) is 5.90. The van der Waals surface area contributed by atoms with Crippen molar-refractivity contribution in [3.8, 4) is 0 Å². The number of oxime groups is 1. The molecule has 1 aliphatic rings. The van der Waals surface area contributed by atoms with E-state index in [1.165, 1.54) is 0 Å². The Morgan fingerprint density at radius 2 is 2.18 bits per heavy atom. The molecule has 4 nitrogen and oxygen atoms in total. The Morgan fingerprint density at radius 1 is 1.41 bits per heavy atom. The Kier molecular flexibility index (Phi) is 3.81. The molecule has 2 rings (SSSR count). The van der Waals surface area contributed by atoms with Crippen LogP contribution in [-0.4, -0.2) is 29.0 Å². The van der Waals surface area contributed by atoms with Gasteiger partial charge in [0, 0.05) is 6.42 Å². The van der Waals surface area contributed by atoms with E-state index >= 15 is 0 Å². The summed E-state index contributed by atoms with van der Waals surface area (Å²) in [4.78, 5) is 5.32. The first kappa shape index (κ1) is 12.1. The molecule has 0 spiro atoms. The molecule has 17 heavy (non-hydrogen) atoms. The zero-order chi connectivity index (χ0) is 12.3. The van der Waals surface area contributed by atoms with Crippen LogP contribution in [0.1, 0.15) is 31.7 Å². The summed E-state index contributed by atoms with van der Waals surface area (Å²) in [5.41, 5.74) is 2.04. The molecule has 1 atom stereocenters. The van der Waals surface area contributed by atoms with E-state index < -0.39 is 7.12 Å². The summed E-state index contributed by atoms with van der Waals surface area (Å²) in [5.74, 6) is 0. The van der Waals surface area contributed by atoms with Crippen LogP contribution in [0.5, 0.6) is 0 Å². The predicted molar refractivity (Wildman–Crippen MR) is 67.2 cm³/mol. The average molecular weight is 233 g/mol. The molecule has 1 aliphatic heterocycles. The van der Waals surface area contributed by atoms with Gasteiger partial charge in [0.1, 0.15) is 6.10 Å². The van der Waals surface area contributed by atoms with E-state index in [4.69, 9.17) is 4.84 Å². The van der Waals surface area contributed by atoms with Crippen molar-refractivity contribution < 1.29 is 14.9 Å². The third-order valence-corrected chi connectivity index (χ3v) is 2.89. The summed E-state index contributed by atoms with van der Waals surface area (Å²) in [5, 5.41) is 22.6. The fraction of sp³-hybridized carbons (Fsp3) is 0.417. The normalized spacial score (nSPS) is 18.8. The van der Waals surface area contributed by atoms with Gasteiger partial charge in [-0.15, -0.1) is 0 Å². The molecule has 0 fully saturated rings. The average Bonchev–Trinajstić information content (AvgIpc) is 2.78. The summed E-state index contributed by atoms with van der Waals surface area (Å²) >= 11 is 0. The molecule has 1 aromatic rings. The molecular weight excluding hydrogens is 217 g/mol. The van der Waals surface area contributed by atoms with E-state index in [1.807, 2.05) is 12.1 Å². The summed E-state index contributed by atoms with van der Waals surface area (Å²) in [6.07, 6.45) is 2.88. The van der Waals surface area contributed by atoms with Crippen LogP contribution in [0.2, 0.25) is 0 Å². The quantitative estimate of drug-likeness (QED) is 0.751. The van der Waals surface area contributed by atoms with Crippen LogP contribution in [0.25, 0.3) is 0 Å². The lowest BCUT2D eigenvalue weighted by atomic mass is 9.75. The molecule has 0 amide bonds. The summed E-state index contributed by atoms with van der Waals surface area (Å²) in [7, 11) is -1.47. The number of hydrogen-bond acceptors (Lipinski definition) is 4. The lowest BCUT2D eigenvalue weighted by Crippen LogP contribution is -2.34. The fourth-order valence-electron chi connectivity index (χ4n) is 2.05. The third kappa shape index (κ3) is 2.68. The topological polar surface area (TPSA) is 62.0 Å². The first-order valence-electron chi connectivity index (χ1n) is 5.90. The molecule has 1 unspecified atom stereocenters. The minimum Gasteiger partial charge on any atom is -0.423 e. The highest BCUT2D eigenvalue weighted by Gasteiger charge is 2.25. The van der Waals surface area contributed by atoms with Gasteiger partial charge in [0.05, 0.1) is 5.71 Å².